The maximum Gasteiger partial charge on any atom is 0.322 e. The minimum atomic E-state index is -3.42. The number of aryl methyl sites for hydroxylation is 2. The second-order valence-electron chi connectivity index (χ2n) is 6.07. The number of sulfone groups is 1. The average molecular weight is 389 g/mol. The van der Waals surface area contributed by atoms with E-state index < -0.39 is 15.7 Å². The number of carbonyl (C=O) groups excluding carboxylic acids is 1. The van der Waals surface area contributed by atoms with Gasteiger partial charge in [-0.25, -0.2) is 8.42 Å². The fourth-order valence-electron chi connectivity index (χ4n) is 2.37. The summed E-state index contributed by atoms with van der Waals surface area (Å²) in [6, 6.07) is 8.28. The molecule has 0 radical (unpaired) electrons. The number of nitrogens with zero attached hydrogens (tertiary/aromatic N) is 4. The van der Waals surface area contributed by atoms with Crippen LogP contribution >= 0.6 is 0 Å². The molecule has 142 valence electrons. The van der Waals surface area contributed by atoms with E-state index in [1.165, 1.54) is 0 Å². The Hall–Kier alpha value is -3.01. The Morgan fingerprint density at radius 3 is 2.59 bits per heavy atom. The predicted octanol–water partition coefficient (Wildman–Crippen LogP) is 1.97. The van der Waals surface area contributed by atoms with Gasteiger partial charge in [0.05, 0.1) is 10.6 Å². The molecule has 0 aliphatic carbocycles. The molecular weight excluding hydrogens is 370 g/mol. The lowest BCUT2D eigenvalue weighted by Crippen LogP contribution is -2.14. The second kappa shape index (κ2) is 7.70. The van der Waals surface area contributed by atoms with E-state index >= 15 is 0 Å². The summed E-state index contributed by atoms with van der Waals surface area (Å²) in [5.41, 5.74) is 1.48. The van der Waals surface area contributed by atoms with E-state index in [9.17, 15) is 13.2 Å². The number of hydrogen-bond donors (Lipinski definition) is 1. The topological polar surface area (TPSA) is 120 Å². The molecule has 1 amide bonds. The number of rotatable bonds is 7. The van der Waals surface area contributed by atoms with Crippen molar-refractivity contribution < 1.29 is 17.6 Å². The quantitative estimate of drug-likeness (QED) is 0.656. The van der Waals surface area contributed by atoms with Gasteiger partial charge in [0.25, 0.3) is 5.89 Å². The Kier molecular flexibility index (Phi) is 5.36. The number of hydrogen-bond acceptors (Lipinski definition) is 7. The molecule has 0 unspecified atom stereocenters. The first kappa shape index (κ1) is 18.8. The first-order valence-electron chi connectivity index (χ1n) is 8.26. The second-order valence-corrected chi connectivity index (χ2v) is 8.18. The molecule has 0 spiro atoms. The van der Waals surface area contributed by atoms with E-state index in [-0.39, 0.29) is 35.4 Å². The van der Waals surface area contributed by atoms with Crippen LogP contribution in [0.5, 0.6) is 0 Å². The molecule has 1 N–H and O–H groups in total. The normalized spacial score (nSPS) is 11.5. The van der Waals surface area contributed by atoms with Gasteiger partial charge in [0.15, 0.2) is 9.84 Å². The van der Waals surface area contributed by atoms with Crippen LogP contribution in [0.2, 0.25) is 0 Å². The summed E-state index contributed by atoms with van der Waals surface area (Å²) in [6.07, 6.45) is 1.93. The minimum absolute atomic E-state index is 0.0202. The average Bonchev–Trinajstić information content (AvgIpc) is 3.24. The predicted molar refractivity (Wildman–Crippen MR) is 97.6 cm³/mol. The molecule has 0 aliphatic heterocycles. The highest BCUT2D eigenvalue weighted by Gasteiger charge is 2.16. The Balaban J connectivity index is 1.51. The summed E-state index contributed by atoms with van der Waals surface area (Å²) in [5.74, 6) is -0.329. The molecule has 3 rings (SSSR count). The largest absolute Gasteiger partial charge is 0.401 e. The highest BCUT2D eigenvalue weighted by molar-refractivity contribution is 7.91. The van der Waals surface area contributed by atoms with Gasteiger partial charge in [0.2, 0.25) is 5.91 Å². The fourth-order valence-corrected chi connectivity index (χ4v) is 3.69. The van der Waals surface area contributed by atoms with Crippen molar-refractivity contribution in [1.29, 1.82) is 0 Å². The molecule has 0 aliphatic rings. The molecule has 9 nitrogen and oxygen atoms in total. The zero-order valence-electron chi connectivity index (χ0n) is 14.9. The monoisotopic (exact) mass is 389 g/mol. The van der Waals surface area contributed by atoms with Crippen LogP contribution in [0.25, 0.3) is 11.6 Å². The molecule has 3 aromatic rings. The summed E-state index contributed by atoms with van der Waals surface area (Å²) < 4.78 is 31.5. The molecule has 10 heteroatoms. The maximum atomic E-state index is 12.3. The molecule has 0 saturated carbocycles. The number of carbonyl (C=O) groups is 1. The number of anilines is 1. The van der Waals surface area contributed by atoms with Gasteiger partial charge in [0, 0.05) is 19.7 Å². The van der Waals surface area contributed by atoms with E-state index in [0.29, 0.717) is 5.69 Å². The van der Waals surface area contributed by atoms with Gasteiger partial charge < -0.3 is 4.42 Å². The SMILES string of the molecule is Cc1ccc(S(=O)(=O)CCCC(=O)Nc2nnc(-c3ccn(C)n3)o2)cc1. The summed E-state index contributed by atoms with van der Waals surface area (Å²) in [6.45, 7) is 1.89. The van der Waals surface area contributed by atoms with Crippen molar-refractivity contribution in [3.63, 3.8) is 0 Å². The Labute approximate surface area is 156 Å². The van der Waals surface area contributed by atoms with Gasteiger partial charge in [-0.2, -0.15) is 5.10 Å². The van der Waals surface area contributed by atoms with Gasteiger partial charge in [0.1, 0.15) is 5.69 Å². The van der Waals surface area contributed by atoms with Crippen molar-refractivity contribution in [2.75, 3.05) is 11.1 Å². The van der Waals surface area contributed by atoms with E-state index in [0.717, 1.165) is 5.56 Å². The van der Waals surface area contributed by atoms with Crippen molar-refractivity contribution in [3.8, 4) is 11.6 Å². The minimum Gasteiger partial charge on any atom is -0.401 e. The van der Waals surface area contributed by atoms with Crippen LogP contribution in [0.15, 0.2) is 45.8 Å². The smallest absolute Gasteiger partial charge is 0.322 e. The highest BCUT2D eigenvalue weighted by Crippen LogP contribution is 2.18. The van der Waals surface area contributed by atoms with E-state index in [4.69, 9.17) is 4.42 Å². The third-order valence-corrected chi connectivity index (χ3v) is 5.62. The molecular formula is C17H19N5O4S. The summed E-state index contributed by atoms with van der Waals surface area (Å²) in [7, 11) is -1.66. The van der Waals surface area contributed by atoms with Crippen molar-refractivity contribution in [3.05, 3.63) is 42.1 Å². The van der Waals surface area contributed by atoms with Gasteiger partial charge in [-0.1, -0.05) is 22.8 Å². The molecule has 2 aromatic heterocycles. The highest BCUT2D eigenvalue weighted by atomic mass is 32.2. The fraction of sp³-hybridized carbons (Fsp3) is 0.294. The van der Waals surface area contributed by atoms with Crippen LogP contribution in [0.3, 0.4) is 0 Å². The van der Waals surface area contributed by atoms with Gasteiger partial charge in [-0.15, -0.1) is 5.10 Å². The first-order valence-corrected chi connectivity index (χ1v) is 9.91. The molecule has 1 aromatic carbocycles. The summed E-state index contributed by atoms with van der Waals surface area (Å²) >= 11 is 0. The first-order chi connectivity index (χ1) is 12.8. The number of nitrogens with one attached hydrogen (secondary N) is 1. The zero-order chi connectivity index (χ0) is 19.4. The summed E-state index contributed by atoms with van der Waals surface area (Å²) in [5, 5.41) is 14.1. The molecule has 2 heterocycles. The van der Waals surface area contributed by atoms with E-state index in [2.05, 4.69) is 20.6 Å². The standard InChI is InChI=1S/C17H19N5O4S/c1-12-5-7-13(8-6-12)27(24,25)11-3-4-15(23)18-17-20-19-16(26-17)14-9-10-22(2)21-14/h5-10H,3-4,11H2,1-2H3,(H,18,20,23). The van der Waals surface area contributed by atoms with Crippen molar-refractivity contribution in [1.82, 2.24) is 20.0 Å². The van der Waals surface area contributed by atoms with Gasteiger partial charge in [-0.05, 0) is 31.5 Å². The van der Waals surface area contributed by atoms with Crippen LogP contribution in [-0.2, 0) is 21.7 Å². The van der Waals surface area contributed by atoms with Gasteiger partial charge in [-0.3, -0.25) is 14.8 Å². The lowest BCUT2D eigenvalue weighted by atomic mass is 10.2. The van der Waals surface area contributed by atoms with Crippen LogP contribution in [0.1, 0.15) is 18.4 Å². The number of aromatic nitrogens is 4. The van der Waals surface area contributed by atoms with Crippen LogP contribution in [0, 0.1) is 6.92 Å². The van der Waals surface area contributed by atoms with E-state index in [1.807, 2.05) is 6.92 Å². The van der Waals surface area contributed by atoms with E-state index in [1.54, 1.807) is 48.3 Å². The zero-order valence-corrected chi connectivity index (χ0v) is 15.7. The van der Waals surface area contributed by atoms with Crippen LogP contribution in [0.4, 0.5) is 6.01 Å². The van der Waals surface area contributed by atoms with Gasteiger partial charge >= 0.3 is 6.01 Å². The molecule has 0 bridgehead atoms. The van der Waals surface area contributed by atoms with Crippen molar-refractivity contribution in [2.45, 2.75) is 24.7 Å². The molecule has 0 fully saturated rings. The van der Waals surface area contributed by atoms with Crippen molar-refractivity contribution >= 4 is 21.8 Å². The van der Waals surface area contributed by atoms with Crippen LogP contribution in [-0.4, -0.2) is 40.1 Å². The van der Waals surface area contributed by atoms with Crippen LogP contribution < -0.4 is 5.32 Å². The lowest BCUT2D eigenvalue weighted by molar-refractivity contribution is -0.116. The molecule has 0 atom stereocenters. The molecule has 27 heavy (non-hydrogen) atoms. The summed E-state index contributed by atoms with van der Waals surface area (Å²) in [4.78, 5) is 12.2. The Bertz CT molecular complexity index is 1040. The lowest BCUT2D eigenvalue weighted by Gasteiger charge is -2.05. The third-order valence-electron chi connectivity index (χ3n) is 3.80. The molecule has 0 saturated heterocycles. The third kappa shape index (κ3) is 4.79. The maximum absolute atomic E-state index is 12.3. The Morgan fingerprint density at radius 1 is 1.19 bits per heavy atom. The Morgan fingerprint density at radius 2 is 1.93 bits per heavy atom. The van der Waals surface area contributed by atoms with Crippen molar-refractivity contribution in [2.24, 2.45) is 7.05 Å². The number of benzene rings is 1. The number of amides is 1.